The summed E-state index contributed by atoms with van der Waals surface area (Å²) in [5.74, 6) is -0.538. The summed E-state index contributed by atoms with van der Waals surface area (Å²) in [6, 6.07) is 6.34. The molecule has 1 N–H and O–H groups in total. The summed E-state index contributed by atoms with van der Waals surface area (Å²) in [5.41, 5.74) is 2.68. The van der Waals surface area contributed by atoms with E-state index in [-0.39, 0.29) is 5.75 Å². The minimum absolute atomic E-state index is 0.191. The third-order valence-corrected chi connectivity index (χ3v) is 4.57. The Morgan fingerprint density at radius 1 is 1.56 bits per heavy atom. The zero-order chi connectivity index (χ0) is 11.5. The Hall–Kier alpha value is -0.480. The molecule has 16 heavy (non-hydrogen) atoms. The van der Waals surface area contributed by atoms with E-state index >= 15 is 0 Å². The fraction of sp³-hybridized carbons (Fsp3) is 0.417. The average Bonchev–Trinajstić information content (AvgIpc) is 2.26. The van der Waals surface area contributed by atoms with Crippen LogP contribution in [0.25, 0.3) is 0 Å². The predicted molar refractivity (Wildman–Crippen MR) is 69.9 cm³/mol. The maximum Gasteiger partial charge on any atom is 0.313 e. The van der Waals surface area contributed by atoms with Crippen LogP contribution in [-0.4, -0.2) is 16.8 Å². The monoisotopic (exact) mass is 300 g/mol. The number of carboxylic acids is 1. The van der Waals surface area contributed by atoms with Crippen LogP contribution in [0.1, 0.15) is 29.2 Å². The van der Waals surface area contributed by atoms with Crippen molar-refractivity contribution in [1.82, 2.24) is 0 Å². The third-order valence-electron chi connectivity index (χ3n) is 2.78. The van der Waals surface area contributed by atoms with Gasteiger partial charge in [-0.15, -0.1) is 11.8 Å². The van der Waals surface area contributed by atoms with Crippen molar-refractivity contribution in [3.05, 3.63) is 33.8 Å². The van der Waals surface area contributed by atoms with Gasteiger partial charge in [0.1, 0.15) is 0 Å². The summed E-state index contributed by atoms with van der Waals surface area (Å²) in [5, 5.41) is 9.06. The SMILES string of the molecule is O=C(O)CSC1CCCc2ccc(Br)cc21. The van der Waals surface area contributed by atoms with Gasteiger partial charge in [-0.25, -0.2) is 0 Å². The Bertz CT molecular complexity index is 406. The van der Waals surface area contributed by atoms with Gasteiger partial charge in [0.15, 0.2) is 0 Å². The number of aliphatic carboxylic acids is 1. The highest BCUT2D eigenvalue weighted by molar-refractivity contribution is 9.10. The van der Waals surface area contributed by atoms with Crippen LogP contribution in [0, 0.1) is 0 Å². The van der Waals surface area contributed by atoms with E-state index in [0.717, 1.165) is 23.7 Å². The van der Waals surface area contributed by atoms with Crippen molar-refractivity contribution >= 4 is 33.7 Å². The van der Waals surface area contributed by atoms with Crippen LogP contribution in [0.5, 0.6) is 0 Å². The standard InChI is InChI=1S/C12H13BrO2S/c13-9-5-4-8-2-1-3-11(10(8)6-9)16-7-12(14)15/h4-6,11H,1-3,7H2,(H,14,15). The molecule has 0 heterocycles. The van der Waals surface area contributed by atoms with E-state index < -0.39 is 5.97 Å². The largest absolute Gasteiger partial charge is 0.481 e. The Morgan fingerprint density at radius 3 is 3.12 bits per heavy atom. The fourth-order valence-corrected chi connectivity index (χ4v) is 3.53. The number of fused-ring (bicyclic) bond motifs is 1. The van der Waals surface area contributed by atoms with Gasteiger partial charge in [0.25, 0.3) is 0 Å². The second kappa shape index (κ2) is 5.23. The van der Waals surface area contributed by atoms with Crippen LogP contribution in [-0.2, 0) is 11.2 Å². The van der Waals surface area contributed by atoms with E-state index in [9.17, 15) is 4.79 Å². The quantitative estimate of drug-likeness (QED) is 0.926. The molecule has 1 aliphatic rings. The zero-order valence-electron chi connectivity index (χ0n) is 8.78. The molecular weight excluding hydrogens is 288 g/mol. The van der Waals surface area contributed by atoms with Gasteiger partial charge >= 0.3 is 5.97 Å². The maximum absolute atomic E-state index is 10.6. The summed E-state index contributed by atoms with van der Waals surface area (Å²) < 4.78 is 1.08. The van der Waals surface area contributed by atoms with Crippen molar-refractivity contribution in [1.29, 1.82) is 0 Å². The number of carbonyl (C=O) groups is 1. The number of aryl methyl sites for hydroxylation is 1. The minimum atomic E-state index is -0.730. The molecular formula is C12H13BrO2S. The van der Waals surface area contributed by atoms with Crippen LogP contribution in [0.15, 0.2) is 22.7 Å². The molecule has 0 saturated heterocycles. The molecule has 2 rings (SSSR count). The summed E-state index contributed by atoms with van der Waals surface area (Å²) >= 11 is 5.01. The highest BCUT2D eigenvalue weighted by atomic mass is 79.9. The van der Waals surface area contributed by atoms with Crippen LogP contribution in [0.4, 0.5) is 0 Å². The van der Waals surface area contributed by atoms with Gasteiger partial charge in [0.2, 0.25) is 0 Å². The number of rotatable bonds is 3. The van der Waals surface area contributed by atoms with Crippen molar-refractivity contribution < 1.29 is 9.90 Å². The van der Waals surface area contributed by atoms with E-state index in [2.05, 4.69) is 34.1 Å². The molecule has 4 heteroatoms. The lowest BCUT2D eigenvalue weighted by Crippen LogP contribution is -2.09. The highest BCUT2D eigenvalue weighted by Crippen LogP contribution is 2.40. The second-order valence-electron chi connectivity index (χ2n) is 3.93. The molecule has 2 nitrogen and oxygen atoms in total. The second-order valence-corrected chi connectivity index (χ2v) is 6.04. The summed E-state index contributed by atoms with van der Waals surface area (Å²) in [6.45, 7) is 0. The zero-order valence-corrected chi connectivity index (χ0v) is 11.2. The molecule has 1 aromatic rings. The predicted octanol–water partition coefficient (Wildman–Crippen LogP) is 3.64. The van der Waals surface area contributed by atoms with Gasteiger partial charge in [0, 0.05) is 9.72 Å². The van der Waals surface area contributed by atoms with Crippen molar-refractivity contribution in [3.63, 3.8) is 0 Å². The lowest BCUT2D eigenvalue weighted by molar-refractivity contribution is -0.133. The number of carboxylic acid groups (broad SMARTS) is 1. The van der Waals surface area contributed by atoms with E-state index in [1.54, 1.807) is 0 Å². The van der Waals surface area contributed by atoms with E-state index in [4.69, 9.17) is 5.11 Å². The lowest BCUT2D eigenvalue weighted by atomic mass is 9.91. The normalized spacial score (nSPS) is 19.2. The first-order valence-electron chi connectivity index (χ1n) is 5.28. The molecule has 0 spiro atoms. The van der Waals surface area contributed by atoms with Crippen LogP contribution < -0.4 is 0 Å². The first-order valence-corrected chi connectivity index (χ1v) is 7.12. The van der Waals surface area contributed by atoms with Gasteiger partial charge in [0.05, 0.1) is 5.75 Å². The molecule has 1 aliphatic carbocycles. The highest BCUT2D eigenvalue weighted by Gasteiger charge is 2.21. The molecule has 0 radical (unpaired) electrons. The van der Waals surface area contributed by atoms with Gasteiger partial charge in [-0.05, 0) is 42.5 Å². The summed E-state index contributed by atoms with van der Waals surface area (Å²) in [7, 11) is 0. The van der Waals surface area contributed by atoms with Crippen molar-refractivity contribution in [2.75, 3.05) is 5.75 Å². The molecule has 0 bridgehead atoms. The molecule has 0 amide bonds. The number of hydrogen-bond acceptors (Lipinski definition) is 2. The Morgan fingerprint density at radius 2 is 2.38 bits per heavy atom. The maximum atomic E-state index is 10.6. The Labute approximate surface area is 108 Å². The van der Waals surface area contributed by atoms with Crippen LogP contribution in [0.2, 0.25) is 0 Å². The Balaban J connectivity index is 2.18. The number of benzene rings is 1. The molecule has 1 aromatic carbocycles. The lowest BCUT2D eigenvalue weighted by Gasteiger charge is -2.24. The van der Waals surface area contributed by atoms with Gasteiger partial charge in [-0.2, -0.15) is 0 Å². The summed E-state index contributed by atoms with van der Waals surface area (Å²) in [4.78, 5) is 10.6. The minimum Gasteiger partial charge on any atom is -0.481 e. The molecule has 0 aromatic heterocycles. The number of hydrogen-bond donors (Lipinski definition) is 1. The smallest absolute Gasteiger partial charge is 0.313 e. The number of thioether (sulfide) groups is 1. The molecule has 1 unspecified atom stereocenters. The molecule has 0 fully saturated rings. The van der Waals surface area contributed by atoms with Gasteiger partial charge < -0.3 is 5.11 Å². The van der Waals surface area contributed by atoms with Gasteiger partial charge in [-0.3, -0.25) is 4.79 Å². The van der Waals surface area contributed by atoms with Crippen molar-refractivity contribution in [2.45, 2.75) is 24.5 Å². The number of halogens is 1. The van der Waals surface area contributed by atoms with Crippen LogP contribution in [0.3, 0.4) is 0 Å². The molecule has 0 saturated carbocycles. The van der Waals surface area contributed by atoms with Gasteiger partial charge in [-0.1, -0.05) is 22.0 Å². The fourth-order valence-electron chi connectivity index (χ4n) is 2.07. The molecule has 0 aliphatic heterocycles. The first-order chi connectivity index (χ1) is 7.66. The third kappa shape index (κ3) is 2.80. The summed E-state index contributed by atoms with van der Waals surface area (Å²) in [6.07, 6.45) is 3.36. The van der Waals surface area contributed by atoms with E-state index in [1.807, 2.05) is 0 Å². The average molecular weight is 301 g/mol. The molecule has 86 valence electrons. The van der Waals surface area contributed by atoms with E-state index in [1.165, 1.54) is 22.9 Å². The van der Waals surface area contributed by atoms with Crippen molar-refractivity contribution in [3.8, 4) is 0 Å². The first kappa shape index (κ1) is 12.0. The van der Waals surface area contributed by atoms with E-state index in [0.29, 0.717) is 5.25 Å². The topological polar surface area (TPSA) is 37.3 Å². The van der Waals surface area contributed by atoms with Crippen LogP contribution >= 0.6 is 27.7 Å². The van der Waals surface area contributed by atoms with Crippen molar-refractivity contribution in [2.24, 2.45) is 0 Å². The Kier molecular flexibility index (Phi) is 3.92. The molecule has 1 atom stereocenters.